The number of nitrogens with one attached hydrogen (secondary N) is 8. The van der Waals surface area contributed by atoms with E-state index in [0.29, 0.717) is 69.6 Å². The average Bonchev–Trinajstić information content (AvgIpc) is 1.75. The standard InChI is InChI=1S/C25H37N3O3.C24H35N3O3.C24H35N3O2S.C24H37N3O2.C2H7N.3CH4.3W/c1-16(2)28(6)21(11-12-23(26)30)22(29)14-17(24(31)25(3,4)5)13-18-15-27-20-10-8-7-9-19(18)20;1-15(2)27-20(10-11-22(25)29)21(28)13-16(23(30)24(3,4)5)12-17-14-26-19-9-7-6-8-18(17)19;1-15(2)27-20(10-11-22(25)28)21(30)13-16(23(29)24(3,4)5)12-17-14-26-19-9-7-6-8-18(17)19;1-16(2)27-19(12-13-22(25)28)11-10-17(23(29)24(3,4)5)14-18-15-26-21-9-7-6-8-20(18)21;1-3-2;;;;;;/h7-10,15-17,21,27H,11-14H2,1-6H3,(H2,26,30);6-9,14-16,20,26-27H,10-13H2,1-5H3,(H2,25,29);6-9,14-16,20,26-27H,10-13H2,1-5H3,(H2,25,28);6-9,15-17,19,26-27H,10-14H2,1-5H3,(H2,25,28);3H,1-2H3;3*1H4;;;/t17?,21-;2*16?,20-;17?,19-;;;;;;;/m0001......./s1. The average molecular weight is 2320 g/mol. The van der Waals surface area contributed by atoms with Gasteiger partial charge in [0.05, 0.1) is 12.1 Å². The number of hydrogen-bond acceptors (Lipinski definition) is 16. The van der Waals surface area contributed by atoms with Crippen LogP contribution in [0.5, 0.6) is 0 Å². The minimum atomic E-state index is -0.552. The van der Waals surface area contributed by atoms with Gasteiger partial charge in [-0.2, -0.15) is 0 Å². The number of nitrogens with two attached hydrogens (primary N) is 4. The summed E-state index contributed by atoms with van der Waals surface area (Å²) in [6, 6.07) is 32.1. The van der Waals surface area contributed by atoms with Crippen molar-refractivity contribution in [2.75, 3.05) is 21.1 Å². The number of benzene rings is 4. The van der Waals surface area contributed by atoms with Gasteiger partial charge in [0.25, 0.3) is 0 Å². The predicted molar refractivity (Wildman–Crippen MR) is 527 cm³/mol. The van der Waals surface area contributed by atoms with Crippen LogP contribution in [-0.4, -0.2) is 158 Å². The molecule has 0 saturated carbocycles. The van der Waals surface area contributed by atoms with Crippen molar-refractivity contribution in [2.24, 2.45) is 68.3 Å². The van der Waals surface area contributed by atoms with Gasteiger partial charge in [-0.15, -0.1) is 0 Å². The fraction of sp³-hybridized carbons (Fsp3) is 0.578. The number of ketones is 6. The van der Waals surface area contributed by atoms with Gasteiger partial charge in [-0.1, -0.05) is 232 Å². The molecule has 720 valence electrons. The van der Waals surface area contributed by atoms with E-state index in [1.807, 2.05) is 254 Å². The Bertz CT molecular complexity index is 4600. The Hall–Kier alpha value is -7.11. The fourth-order valence-electron chi connectivity index (χ4n) is 15.7. The molecule has 4 heterocycles. The zero-order valence-corrected chi connectivity index (χ0v) is 89.1. The number of Topliss-reactive ketones (excluding diaryl/α,β-unsaturated/α-hetero) is 6. The maximum atomic E-state index is 13.4. The number of rotatable bonds is 44. The van der Waals surface area contributed by atoms with Crippen molar-refractivity contribution in [2.45, 2.75) is 318 Å². The molecule has 27 heteroatoms. The summed E-state index contributed by atoms with van der Waals surface area (Å²) in [6.45, 7) is 39.4. The van der Waals surface area contributed by atoms with Crippen LogP contribution in [0.2, 0.25) is 0 Å². The van der Waals surface area contributed by atoms with Crippen LogP contribution in [0.25, 0.3) is 43.6 Å². The summed E-state index contributed by atoms with van der Waals surface area (Å²) in [5.41, 5.74) is 28.0. The number of aromatic amines is 4. The molecule has 4 unspecified atom stereocenters. The SMILES string of the molecule is C.C.C.CC(C)N(C)[C@@H](CCC(N)=O)C(=O)CC(Cc1c[nH]c2ccccc12)C(=O)C(C)(C)C.CC(C)N[C@@H](CCC(N)=O)C(=O)CC(Cc1c[nH]c2ccccc12)C(=O)C(C)(C)C.CC(C)N[C@@H](CCC(N)=O)C(=S)CC(Cc1c[nH]c2ccccc12)C(=O)C(C)(C)C.CC(C)N[C@@H](CCC(N)=O)CCC(Cc1c[nH]c2ccccc12)C(=O)C(C)(C)C.CNC.[W].[W].[W]. The minimum absolute atomic E-state index is 0. The van der Waals surface area contributed by atoms with Crippen LogP contribution in [0.15, 0.2) is 122 Å². The van der Waals surface area contributed by atoms with E-state index >= 15 is 0 Å². The van der Waals surface area contributed by atoms with E-state index in [9.17, 15) is 47.9 Å². The molecule has 8 aromatic rings. The molecule has 0 aliphatic carbocycles. The van der Waals surface area contributed by atoms with Crippen molar-refractivity contribution in [1.82, 2.24) is 46.1 Å². The fourth-order valence-corrected chi connectivity index (χ4v) is 16.1. The van der Waals surface area contributed by atoms with Crippen molar-refractivity contribution in [3.05, 3.63) is 144 Å². The van der Waals surface area contributed by atoms with Gasteiger partial charge in [0.15, 0.2) is 5.78 Å². The Morgan fingerprint density at radius 2 is 0.628 bits per heavy atom. The predicted octanol–water partition coefficient (Wildman–Crippen LogP) is 17.8. The summed E-state index contributed by atoms with van der Waals surface area (Å²) >= 11 is 5.78. The summed E-state index contributed by atoms with van der Waals surface area (Å²) in [5.74, 6) is -2.02. The van der Waals surface area contributed by atoms with Gasteiger partial charge in [0.1, 0.15) is 28.9 Å². The molecule has 16 N–H and O–H groups in total. The van der Waals surface area contributed by atoms with Gasteiger partial charge in [-0.3, -0.25) is 52.8 Å². The Kier molecular flexibility index (Phi) is 58.8. The number of para-hydroxylation sites is 4. The van der Waals surface area contributed by atoms with Crippen LogP contribution in [0.1, 0.15) is 266 Å². The molecule has 0 saturated heterocycles. The second-order valence-corrected chi connectivity index (χ2v) is 39.2. The Balaban J connectivity index is -0.00000160. The van der Waals surface area contributed by atoms with E-state index in [1.54, 1.807) is 0 Å². The van der Waals surface area contributed by atoms with Gasteiger partial charge in [-0.25, -0.2) is 0 Å². The van der Waals surface area contributed by atoms with Crippen LogP contribution < -0.4 is 44.2 Å². The number of H-pyrrole nitrogens is 4. The normalized spacial score (nSPS) is 13.3. The molecule has 0 fully saturated rings. The Morgan fingerprint density at radius 3 is 0.930 bits per heavy atom. The molecule has 0 aliphatic rings. The van der Waals surface area contributed by atoms with E-state index in [2.05, 4.69) is 73.2 Å². The largest absolute Gasteiger partial charge is 0.370 e. The van der Waals surface area contributed by atoms with E-state index in [-0.39, 0.29) is 206 Å². The van der Waals surface area contributed by atoms with Crippen molar-refractivity contribution < 1.29 is 111 Å². The van der Waals surface area contributed by atoms with Gasteiger partial charge in [-0.05, 0) is 152 Å². The molecule has 0 bridgehead atoms. The first-order chi connectivity index (χ1) is 57.4. The number of carbonyl (C=O) groups excluding carboxylic acids is 10. The van der Waals surface area contributed by atoms with Crippen LogP contribution in [0.3, 0.4) is 0 Å². The Labute approximate surface area is 821 Å². The van der Waals surface area contributed by atoms with Crippen LogP contribution in [0, 0.1) is 45.3 Å². The van der Waals surface area contributed by atoms with E-state index < -0.39 is 52.0 Å². The van der Waals surface area contributed by atoms with Crippen LogP contribution in [-0.2, 0) is 137 Å². The smallest absolute Gasteiger partial charge is 0.217 e. The Morgan fingerprint density at radius 1 is 0.364 bits per heavy atom. The number of carbonyl (C=O) groups is 10. The summed E-state index contributed by atoms with van der Waals surface area (Å²) in [6.07, 6.45) is 15.6. The van der Waals surface area contributed by atoms with Crippen molar-refractivity contribution in [3.63, 3.8) is 0 Å². The second kappa shape index (κ2) is 60.2. The molecule has 129 heavy (non-hydrogen) atoms. The zero-order chi connectivity index (χ0) is 92.6. The summed E-state index contributed by atoms with van der Waals surface area (Å²) in [4.78, 5) is 141. The molecule has 4 amide bonds. The maximum Gasteiger partial charge on any atom is 0.217 e. The third kappa shape index (κ3) is 43.6. The van der Waals surface area contributed by atoms with Crippen molar-refractivity contribution in [3.8, 4) is 0 Å². The van der Waals surface area contributed by atoms with Gasteiger partial charge in [0, 0.05) is 257 Å². The van der Waals surface area contributed by atoms with Crippen molar-refractivity contribution >= 4 is 119 Å². The number of primary amides is 4. The van der Waals surface area contributed by atoms with E-state index in [0.717, 1.165) is 79.0 Å². The molecule has 4 aromatic heterocycles. The van der Waals surface area contributed by atoms with Crippen LogP contribution in [0.4, 0.5) is 0 Å². The van der Waals surface area contributed by atoms with E-state index in [1.165, 1.54) is 10.9 Å². The minimum Gasteiger partial charge on any atom is -0.370 e. The zero-order valence-electron chi connectivity index (χ0n) is 79.5. The van der Waals surface area contributed by atoms with Gasteiger partial charge < -0.3 is 64.1 Å². The molecule has 23 nitrogen and oxygen atoms in total. The molecule has 0 spiro atoms. The number of nitrogens with zero attached hydrogens (tertiary/aromatic N) is 1. The van der Waals surface area contributed by atoms with Gasteiger partial charge >= 0.3 is 0 Å². The molecule has 4 aromatic carbocycles. The number of amides is 4. The first kappa shape index (κ1) is 126. The van der Waals surface area contributed by atoms with Gasteiger partial charge in [0.2, 0.25) is 23.6 Å². The second-order valence-electron chi connectivity index (χ2n) is 38.6. The van der Waals surface area contributed by atoms with Crippen LogP contribution >= 0.6 is 12.2 Å². The molecule has 8 rings (SSSR count). The monoisotopic (exact) mass is 2310 g/mol. The summed E-state index contributed by atoms with van der Waals surface area (Å²) < 4.78 is 0. The maximum absolute atomic E-state index is 13.4. The number of fused-ring (bicyclic) bond motifs is 4. The molecule has 0 aliphatic heterocycles. The molecular weight excluding hydrogens is 2150 g/mol. The summed E-state index contributed by atoms with van der Waals surface area (Å²) in [5, 5.41) is 17.4. The molecule has 0 radical (unpaired) electrons. The quantitative estimate of drug-likeness (QED) is 0.0158. The number of likely N-dealkylation sites (N-methyl/N-ethyl adjacent to an activating group) is 1. The first-order valence-corrected chi connectivity index (χ1v) is 44.5. The molecule has 8 atom stereocenters. The number of aromatic nitrogens is 4. The molecular formula is C102H163N13O10SW3. The summed E-state index contributed by atoms with van der Waals surface area (Å²) in [7, 11) is 5.63. The third-order valence-electron chi connectivity index (χ3n) is 22.1. The topological polar surface area (TPSA) is 389 Å². The first-order valence-electron chi connectivity index (χ1n) is 44.1. The van der Waals surface area contributed by atoms with E-state index in [4.69, 9.17) is 35.2 Å². The number of thiocarbonyl (C=S) groups is 1. The third-order valence-corrected chi connectivity index (χ3v) is 22.5. The number of hydrogen-bond donors (Lipinski definition) is 12. The van der Waals surface area contributed by atoms with Crippen molar-refractivity contribution in [1.29, 1.82) is 0 Å².